The van der Waals surface area contributed by atoms with Crippen LogP contribution in [0.25, 0.3) is 0 Å². The van der Waals surface area contributed by atoms with Crippen LogP contribution in [0.15, 0.2) is 12.3 Å². The maximum atomic E-state index is 5.44. The summed E-state index contributed by atoms with van der Waals surface area (Å²) in [5.41, 5.74) is 1.20. The fourth-order valence-corrected chi connectivity index (χ4v) is 1.60. The molecule has 18 heavy (non-hydrogen) atoms. The highest BCUT2D eigenvalue weighted by Crippen LogP contribution is 1.99. The number of nitrogens with one attached hydrogen (secondary N) is 1. The first-order valence-corrected chi connectivity index (χ1v) is 6.52. The smallest absolute Gasteiger partial charge is 0.0701 e. The van der Waals surface area contributed by atoms with Crippen molar-refractivity contribution in [2.45, 2.75) is 26.9 Å². The molecular formula is C13H25N3O2. The second kappa shape index (κ2) is 9.08. The molecule has 5 heteroatoms. The number of methoxy groups -OCH3 is 1. The minimum Gasteiger partial charge on any atom is -0.382 e. The van der Waals surface area contributed by atoms with Crippen LogP contribution in [0.1, 0.15) is 19.5 Å². The molecule has 0 aliphatic heterocycles. The maximum absolute atomic E-state index is 5.44. The van der Waals surface area contributed by atoms with Gasteiger partial charge in [0.05, 0.1) is 32.1 Å². The van der Waals surface area contributed by atoms with Crippen LogP contribution in [0.2, 0.25) is 0 Å². The number of nitrogens with zero attached hydrogens (tertiary/aromatic N) is 2. The zero-order valence-electron chi connectivity index (χ0n) is 11.7. The standard InChI is InChI=1S/C13H25N3O2/c1-12(2)10-14-11-13-4-5-15-16(13)6-7-18-9-8-17-3/h4-5,12,14H,6-11H2,1-3H3. The Hall–Kier alpha value is -0.910. The average Bonchev–Trinajstić information content (AvgIpc) is 2.76. The maximum Gasteiger partial charge on any atom is 0.0701 e. The van der Waals surface area contributed by atoms with Crippen molar-refractivity contribution in [3.63, 3.8) is 0 Å². The first-order chi connectivity index (χ1) is 8.74. The van der Waals surface area contributed by atoms with Gasteiger partial charge in [0, 0.05) is 19.9 Å². The van der Waals surface area contributed by atoms with E-state index in [2.05, 4.69) is 24.3 Å². The van der Waals surface area contributed by atoms with Gasteiger partial charge in [-0.1, -0.05) is 13.8 Å². The van der Waals surface area contributed by atoms with E-state index in [4.69, 9.17) is 9.47 Å². The van der Waals surface area contributed by atoms with Gasteiger partial charge in [0.25, 0.3) is 0 Å². The van der Waals surface area contributed by atoms with Gasteiger partial charge in [0.2, 0.25) is 0 Å². The molecule has 0 unspecified atom stereocenters. The van der Waals surface area contributed by atoms with Crippen LogP contribution >= 0.6 is 0 Å². The summed E-state index contributed by atoms with van der Waals surface area (Å²) in [6.07, 6.45) is 1.83. The normalized spacial score (nSPS) is 11.3. The van der Waals surface area contributed by atoms with Crippen molar-refractivity contribution in [1.29, 1.82) is 0 Å². The molecule has 0 fully saturated rings. The lowest BCUT2D eigenvalue weighted by molar-refractivity contribution is 0.0651. The topological polar surface area (TPSA) is 48.3 Å². The third-order valence-corrected chi connectivity index (χ3v) is 2.54. The van der Waals surface area contributed by atoms with Crippen molar-refractivity contribution in [3.05, 3.63) is 18.0 Å². The summed E-state index contributed by atoms with van der Waals surface area (Å²) in [4.78, 5) is 0. The zero-order valence-corrected chi connectivity index (χ0v) is 11.7. The molecule has 1 heterocycles. The first kappa shape index (κ1) is 15.1. The molecule has 0 atom stereocenters. The lowest BCUT2D eigenvalue weighted by Gasteiger charge is -2.10. The molecular weight excluding hydrogens is 230 g/mol. The van der Waals surface area contributed by atoms with Crippen LogP contribution in [0.3, 0.4) is 0 Å². The number of hydrogen-bond acceptors (Lipinski definition) is 4. The fourth-order valence-electron chi connectivity index (χ4n) is 1.60. The first-order valence-electron chi connectivity index (χ1n) is 6.52. The highest BCUT2D eigenvalue weighted by atomic mass is 16.5. The van der Waals surface area contributed by atoms with Crippen LogP contribution in [0.4, 0.5) is 0 Å². The van der Waals surface area contributed by atoms with Crippen molar-refractivity contribution < 1.29 is 9.47 Å². The van der Waals surface area contributed by atoms with E-state index in [1.165, 1.54) is 5.69 Å². The van der Waals surface area contributed by atoms with Crippen LogP contribution in [-0.2, 0) is 22.6 Å². The van der Waals surface area contributed by atoms with Gasteiger partial charge in [-0.25, -0.2) is 0 Å². The molecule has 0 spiro atoms. The summed E-state index contributed by atoms with van der Waals surface area (Å²) in [6.45, 7) is 9.02. The number of ether oxygens (including phenoxy) is 2. The van der Waals surface area contributed by atoms with E-state index in [1.807, 2.05) is 16.9 Å². The van der Waals surface area contributed by atoms with Gasteiger partial charge in [0.15, 0.2) is 0 Å². The molecule has 0 aliphatic rings. The highest BCUT2D eigenvalue weighted by Gasteiger charge is 2.02. The molecule has 0 amide bonds. The fraction of sp³-hybridized carbons (Fsp3) is 0.769. The Balaban J connectivity index is 2.22. The zero-order chi connectivity index (χ0) is 13.2. The monoisotopic (exact) mass is 255 g/mol. The summed E-state index contributed by atoms with van der Waals surface area (Å²) < 4.78 is 12.3. The van der Waals surface area contributed by atoms with Crippen molar-refractivity contribution in [3.8, 4) is 0 Å². The molecule has 0 saturated carbocycles. The second-order valence-corrected chi connectivity index (χ2v) is 4.68. The minimum absolute atomic E-state index is 0.638. The molecule has 0 aromatic carbocycles. The predicted octanol–water partition coefficient (Wildman–Crippen LogP) is 1.29. The van der Waals surface area contributed by atoms with E-state index in [0.29, 0.717) is 25.7 Å². The van der Waals surface area contributed by atoms with E-state index >= 15 is 0 Å². The minimum atomic E-state index is 0.638. The molecule has 0 aliphatic carbocycles. The largest absolute Gasteiger partial charge is 0.382 e. The van der Waals surface area contributed by atoms with Gasteiger partial charge in [-0.2, -0.15) is 5.10 Å². The quantitative estimate of drug-likeness (QED) is 0.640. The van der Waals surface area contributed by atoms with Gasteiger partial charge < -0.3 is 14.8 Å². The number of hydrogen-bond donors (Lipinski definition) is 1. The van der Waals surface area contributed by atoms with E-state index in [1.54, 1.807) is 7.11 Å². The van der Waals surface area contributed by atoms with Gasteiger partial charge in [0.1, 0.15) is 0 Å². The van der Waals surface area contributed by atoms with E-state index in [9.17, 15) is 0 Å². The highest BCUT2D eigenvalue weighted by molar-refractivity contribution is 4.99. The van der Waals surface area contributed by atoms with E-state index in [-0.39, 0.29) is 0 Å². The van der Waals surface area contributed by atoms with E-state index < -0.39 is 0 Å². The van der Waals surface area contributed by atoms with Crippen LogP contribution in [0.5, 0.6) is 0 Å². The Morgan fingerprint density at radius 2 is 2.17 bits per heavy atom. The van der Waals surface area contributed by atoms with Gasteiger partial charge in [-0.15, -0.1) is 0 Å². The Morgan fingerprint density at radius 3 is 2.89 bits per heavy atom. The molecule has 1 aromatic rings. The van der Waals surface area contributed by atoms with Crippen molar-refractivity contribution in [2.24, 2.45) is 5.92 Å². The number of rotatable bonds is 10. The molecule has 1 aromatic heterocycles. The summed E-state index contributed by atoms with van der Waals surface area (Å²) >= 11 is 0. The predicted molar refractivity (Wildman–Crippen MR) is 71.5 cm³/mol. The van der Waals surface area contributed by atoms with Gasteiger partial charge in [-0.05, 0) is 18.5 Å². The molecule has 0 bridgehead atoms. The molecule has 5 nitrogen and oxygen atoms in total. The van der Waals surface area contributed by atoms with Crippen molar-refractivity contribution in [1.82, 2.24) is 15.1 Å². The second-order valence-electron chi connectivity index (χ2n) is 4.68. The van der Waals surface area contributed by atoms with Crippen molar-refractivity contribution >= 4 is 0 Å². The molecule has 0 radical (unpaired) electrons. The Kier molecular flexibility index (Phi) is 7.64. The van der Waals surface area contributed by atoms with Gasteiger partial charge in [-0.3, -0.25) is 4.68 Å². The Labute approximate surface area is 109 Å². The van der Waals surface area contributed by atoms with Crippen LogP contribution < -0.4 is 5.32 Å². The summed E-state index contributed by atoms with van der Waals surface area (Å²) in [5.74, 6) is 0.666. The summed E-state index contributed by atoms with van der Waals surface area (Å²) in [6, 6.07) is 2.04. The lowest BCUT2D eigenvalue weighted by atomic mass is 10.2. The molecule has 104 valence electrons. The summed E-state index contributed by atoms with van der Waals surface area (Å²) in [7, 11) is 1.68. The Bertz CT molecular complexity index is 313. The average molecular weight is 255 g/mol. The Morgan fingerprint density at radius 1 is 1.33 bits per heavy atom. The van der Waals surface area contributed by atoms with Crippen LogP contribution in [-0.4, -0.2) is 43.3 Å². The molecule has 1 N–H and O–H groups in total. The van der Waals surface area contributed by atoms with Gasteiger partial charge >= 0.3 is 0 Å². The third kappa shape index (κ3) is 6.14. The SMILES string of the molecule is COCCOCCn1nccc1CNCC(C)C. The number of aromatic nitrogens is 2. The lowest BCUT2D eigenvalue weighted by Crippen LogP contribution is -2.22. The van der Waals surface area contributed by atoms with E-state index in [0.717, 1.165) is 19.6 Å². The third-order valence-electron chi connectivity index (χ3n) is 2.54. The van der Waals surface area contributed by atoms with Crippen LogP contribution in [0, 0.1) is 5.92 Å². The van der Waals surface area contributed by atoms with Crippen molar-refractivity contribution in [2.75, 3.05) is 33.5 Å². The molecule has 1 rings (SSSR count). The summed E-state index contributed by atoms with van der Waals surface area (Å²) in [5, 5.41) is 7.71. The molecule has 0 saturated heterocycles.